The van der Waals surface area contributed by atoms with Gasteiger partial charge in [0.15, 0.2) is 5.13 Å². The van der Waals surface area contributed by atoms with Crippen LogP contribution in [0.25, 0.3) is 21.5 Å². The molecular weight excluding hydrogens is 493 g/mol. The average Bonchev–Trinajstić information content (AvgIpc) is 3.41. The Labute approximate surface area is 216 Å². The lowest BCUT2D eigenvalue weighted by Gasteiger charge is -2.38. The van der Waals surface area contributed by atoms with Crippen LogP contribution in [0.4, 0.5) is 9.52 Å². The lowest BCUT2D eigenvalue weighted by atomic mass is 10.00. The maximum Gasteiger partial charge on any atom is 0.335 e. The normalized spacial score (nSPS) is 23.2. The predicted octanol–water partition coefficient (Wildman–Crippen LogP) is 6.38. The minimum absolute atomic E-state index is 0.129. The van der Waals surface area contributed by atoms with Crippen LogP contribution in [-0.2, 0) is 11.3 Å². The van der Waals surface area contributed by atoms with Crippen LogP contribution < -0.4 is 4.90 Å². The largest absolute Gasteiger partial charge is 0.478 e. The zero-order valence-electron chi connectivity index (χ0n) is 20.1. The minimum atomic E-state index is -0.921. The highest BCUT2D eigenvalue weighted by molar-refractivity contribution is 7.22. The van der Waals surface area contributed by atoms with Crippen molar-refractivity contribution >= 4 is 32.7 Å². The number of carboxylic acid groups (broad SMARTS) is 1. The number of carbonyl (C=O) groups is 1. The van der Waals surface area contributed by atoms with E-state index in [1.807, 2.05) is 0 Å². The molecule has 2 aliphatic heterocycles. The fraction of sp³-hybridized carbons (Fsp3) is 0.393. The van der Waals surface area contributed by atoms with Crippen molar-refractivity contribution in [2.75, 3.05) is 4.90 Å². The van der Waals surface area contributed by atoms with Crippen LogP contribution in [0.2, 0.25) is 0 Å². The molecule has 2 aromatic carbocycles. The molecule has 3 atom stereocenters. The van der Waals surface area contributed by atoms with Gasteiger partial charge in [0.2, 0.25) is 0 Å². The van der Waals surface area contributed by atoms with E-state index in [0.717, 1.165) is 76.5 Å². The molecule has 2 aromatic heterocycles. The van der Waals surface area contributed by atoms with Crippen molar-refractivity contribution in [3.63, 3.8) is 0 Å². The first-order valence-corrected chi connectivity index (χ1v) is 13.6. The van der Waals surface area contributed by atoms with Gasteiger partial charge in [-0.05, 0) is 81.0 Å². The lowest BCUT2D eigenvalue weighted by molar-refractivity contribution is 0.0147. The first-order valence-electron chi connectivity index (χ1n) is 12.8. The van der Waals surface area contributed by atoms with Gasteiger partial charge in [0.1, 0.15) is 17.3 Å². The number of carboxylic acids is 1. The summed E-state index contributed by atoms with van der Waals surface area (Å²) in [6.07, 6.45) is 6.37. The summed E-state index contributed by atoms with van der Waals surface area (Å²) in [6.45, 7) is 0.436. The smallest absolute Gasteiger partial charge is 0.335 e. The second-order valence-electron chi connectivity index (χ2n) is 10.3. The van der Waals surface area contributed by atoms with Gasteiger partial charge < -0.3 is 19.3 Å². The number of nitrogens with zero attached hydrogens (tertiary/aromatic N) is 3. The number of hydrogen-bond acceptors (Lipinski definition) is 7. The Morgan fingerprint density at radius 1 is 1.11 bits per heavy atom. The van der Waals surface area contributed by atoms with Gasteiger partial charge in [0.25, 0.3) is 0 Å². The average molecular weight is 520 g/mol. The third-order valence-electron chi connectivity index (χ3n) is 7.88. The van der Waals surface area contributed by atoms with E-state index in [1.54, 1.807) is 41.7 Å². The summed E-state index contributed by atoms with van der Waals surface area (Å²) in [6, 6.07) is 12.2. The van der Waals surface area contributed by atoms with E-state index in [9.17, 15) is 14.3 Å². The van der Waals surface area contributed by atoms with Gasteiger partial charge in [-0.2, -0.15) is 0 Å². The molecule has 1 saturated carbocycles. The van der Waals surface area contributed by atoms with Crippen LogP contribution in [0.3, 0.4) is 0 Å². The van der Waals surface area contributed by atoms with Crippen LogP contribution in [0.15, 0.2) is 47.0 Å². The third kappa shape index (κ3) is 4.20. The molecule has 1 unspecified atom stereocenters. The van der Waals surface area contributed by atoms with Crippen molar-refractivity contribution < 1.29 is 23.6 Å². The van der Waals surface area contributed by atoms with E-state index in [-0.39, 0.29) is 17.5 Å². The number of hydrogen-bond donors (Lipinski definition) is 1. The molecule has 0 amide bonds. The van der Waals surface area contributed by atoms with E-state index in [2.05, 4.69) is 10.1 Å². The van der Waals surface area contributed by atoms with Crippen LogP contribution in [0.1, 0.15) is 66.1 Å². The molecule has 2 bridgehead atoms. The molecule has 37 heavy (non-hydrogen) atoms. The second kappa shape index (κ2) is 8.92. The van der Waals surface area contributed by atoms with Crippen molar-refractivity contribution in [2.24, 2.45) is 0 Å². The molecule has 4 heterocycles. The van der Waals surface area contributed by atoms with Crippen LogP contribution in [-0.4, -0.2) is 39.4 Å². The molecule has 1 N–H and O–H groups in total. The zero-order valence-corrected chi connectivity index (χ0v) is 20.9. The SMILES string of the molecule is O=C(O)c1ccc2nc(N3[C@@H]4CC[C@H]3CC(OCc3c(-c5ccc(F)cc5)noc3C3CC3)C4)sc2c1. The summed E-state index contributed by atoms with van der Waals surface area (Å²) in [7, 11) is 0. The van der Waals surface area contributed by atoms with Crippen LogP contribution in [0, 0.1) is 5.82 Å². The van der Waals surface area contributed by atoms with Crippen LogP contribution in [0.5, 0.6) is 0 Å². The molecule has 9 heteroatoms. The van der Waals surface area contributed by atoms with Gasteiger partial charge in [-0.15, -0.1) is 0 Å². The van der Waals surface area contributed by atoms with Gasteiger partial charge in [-0.25, -0.2) is 14.2 Å². The minimum Gasteiger partial charge on any atom is -0.478 e. The van der Waals surface area contributed by atoms with Gasteiger partial charge >= 0.3 is 5.97 Å². The number of ether oxygens (including phenoxy) is 1. The molecular formula is C28H26FN3O4S. The maximum absolute atomic E-state index is 13.5. The number of piperidine rings is 1. The Bertz CT molecular complexity index is 1460. The molecule has 0 spiro atoms. The number of benzene rings is 2. The topological polar surface area (TPSA) is 88.7 Å². The van der Waals surface area contributed by atoms with E-state index in [1.165, 1.54) is 12.1 Å². The Kier molecular flexibility index (Phi) is 5.51. The van der Waals surface area contributed by atoms with Crippen molar-refractivity contribution in [3.05, 3.63) is 65.2 Å². The number of aromatic nitrogens is 2. The predicted molar refractivity (Wildman–Crippen MR) is 138 cm³/mol. The Morgan fingerprint density at radius 2 is 1.86 bits per heavy atom. The Hall–Kier alpha value is -3.30. The Morgan fingerprint density at radius 3 is 2.57 bits per heavy atom. The highest BCUT2D eigenvalue weighted by Gasteiger charge is 2.43. The fourth-order valence-electron chi connectivity index (χ4n) is 5.89. The molecule has 7 rings (SSSR count). The second-order valence-corrected chi connectivity index (χ2v) is 11.3. The van der Waals surface area contributed by atoms with E-state index in [0.29, 0.717) is 24.6 Å². The van der Waals surface area contributed by atoms with Crippen LogP contribution >= 0.6 is 11.3 Å². The molecule has 2 saturated heterocycles. The quantitative estimate of drug-likeness (QED) is 0.303. The van der Waals surface area contributed by atoms with E-state index >= 15 is 0 Å². The maximum atomic E-state index is 13.5. The highest BCUT2D eigenvalue weighted by atomic mass is 32.1. The van der Waals surface area contributed by atoms with Gasteiger partial charge in [-0.3, -0.25) is 0 Å². The van der Waals surface area contributed by atoms with Gasteiger partial charge in [0, 0.05) is 29.1 Å². The fourth-order valence-corrected chi connectivity index (χ4v) is 7.04. The summed E-state index contributed by atoms with van der Waals surface area (Å²) in [5.74, 6) is 0.120. The number of anilines is 1. The van der Waals surface area contributed by atoms with E-state index in [4.69, 9.17) is 14.2 Å². The molecule has 4 aromatic rings. The molecule has 3 aliphatic rings. The highest BCUT2D eigenvalue weighted by Crippen LogP contribution is 2.46. The molecule has 3 fully saturated rings. The standard InChI is InChI=1S/C28H26FN3O4S/c29-18-6-3-15(4-7-18)25-22(26(36-31-25)16-1-2-16)14-35-21-12-19-8-9-20(13-21)32(19)28-30-23-10-5-17(27(33)34)11-24(23)37-28/h3-7,10-11,16,19-21H,1-2,8-9,12-14H2,(H,33,34)/t19-,20+,21?. The summed E-state index contributed by atoms with van der Waals surface area (Å²) in [5.41, 5.74) is 3.71. The third-order valence-corrected chi connectivity index (χ3v) is 8.91. The number of halogens is 1. The molecule has 7 nitrogen and oxygen atoms in total. The summed E-state index contributed by atoms with van der Waals surface area (Å²) in [4.78, 5) is 18.6. The number of thiazole rings is 1. The summed E-state index contributed by atoms with van der Waals surface area (Å²) < 4.78 is 26.6. The van der Waals surface area contributed by atoms with Gasteiger partial charge in [0.05, 0.1) is 28.5 Å². The molecule has 0 radical (unpaired) electrons. The van der Waals surface area contributed by atoms with Crippen molar-refractivity contribution in [2.45, 2.75) is 69.2 Å². The number of rotatable bonds is 7. The number of fused-ring (bicyclic) bond motifs is 3. The van der Waals surface area contributed by atoms with Crippen molar-refractivity contribution in [1.29, 1.82) is 0 Å². The van der Waals surface area contributed by atoms with Gasteiger partial charge in [-0.1, -0.05) is 16.5 Å². The first-order chi connectivity index (χ1) is 18.0. The molecule has 1 aliphatic carbocycles. The van der Waals surface area contributed by atoms with Crippen molar-refractivity contribution in [3.8, 4) is 11.3 Å². The Balaban J connectivity index is 1.08. The summed E-state index contributed by atoms with van der Waals surface area (Å²) in [5, 5.41) is 14.6. The summed E-state index contributed by atoms with van der Waals surface area (Å²) >= 11 is 1.57. The monoisotopic (exact) mass is 519 g/mol. The number of aromatic carboxylic acids is 1. The van der Waals surface area contributed by atoms with Crippen molar-refractivity contribution in [1.82, 2.24) is 10.1 Å². The molecule has 190 valence electrons. The first kappa shape index (κ1) is 22.9. The van der Waals surface area contributed by atoms with E-state index < -0.39 is 5.97 Å². The lowest BCUT2D eigenvalue weighted by Crippen LogP contribution is -2.45. The zero-order chi connectivity index (χ0) is 25.1.